The second kappa shape index (κ2) is 14.4. The molecule has 0 spiro atoms. The number of aliphatic carboxylic acids is 1. The van der Waals surface area contributed by atoms with Gasteiger partial charge in [0.1, 0.15) is 10.8 Å². The minimum absolute atomic E-state index is 0. The van der Waals surface area contributed by atoms with Crippen LogP contribution in [0, 0.1) is 10.1 Å². The first-order valence-electron chi connectivity index (χ1n) is 9.61. The molecule has 1 aromatic heterocycles. The van der Waals surface area contributed by atoms with E-state index in [1.54, 1.807) is 18.3 Å². The third kappa shape index (κ3) is 10.2. The Kier molecular flexibility index (Phi) is 12.4. The number of carboxylic acids is 1. The van der Waals surface area contributed by atoms with E-state index in [0.29, 0.717) is 18.8 Å². The van der Waals surface area contributed by atoms with Crippen LogP contribution in [0.5, 0.6) is 0 Å². The summed E-state index contributed by atoms with van der Waals surface area (Å²) >= 11 is 5.77. The Balaban J connectivity index is 0.00000544. The largest absolute Gasteiger partial charge is 1.00 e. The zero-order valence-electron chi connectivity index (χ0n) is 17.9. The van der Waals surface area contributed by atoms with E-state index in [1.807, 2.05) is 6.07 Å². The fraction of sp³-hybridized carbons (Fsp3) is 0.300. The number of hydrogen-bond donors (Lipinski definition) is 3. The zero-order chi connectivity index (χ0) is 23.5. The van der Waals surface area contributed by atoms with Crippen molar-refractivity contribution in [1.82, 2.24) is 15.6 Å². The summed E-state index contributed by atoms with van der Waals surface area (Å²) < 4.78 is 0. The number of amides is 2. The molecular formula is C20H21ClN5NaO6. The molecule has 0 fully saturated rings. The van der Waals surface area contributed by atoms with Gasteiger partial charge < -0.3 is 25.9 Å². The molecule has 0 saturated heterocycles. The number of aromatic nitrogens is 1. The van der Waals surface area contributed by atoms with Gasteiger partial charge in [0.05, 0.1) is 17.5 Å². The van der Waals surface area contributed by atoms with Crippen LogP contribution in [0.25, 0.3) is 0 Å². The Morgan fingerprint density at radius 2 is 1.91 bits per heavy atom. The van der Waals surface area contributed by atoms with Crippen molar-refractivity contribution in [3.63, 3.8) is 0 Å². The molecule has 2 amide bonds. The fourth-order valence-electron chi connectivity index (χ4n) is 2.75. The van der Waals surface area contributed by atoms with Gasteiger partial charge in [0.2, 0.25) is 11.8 Å². The summed E-state index contributed by atoms with van der Waals surface area (Å²) in [6.45, 7) is 0.130. The van der Waals surface area contributed by atoms with E-state index in [-0.39, 0.29) is 59.0 Å². The van der Waals surface area contributed by atoms with Gasteiger partial charge in [0.25, 0.3) is 5.69 Å². The minimum atomic E-state index is -1.46. The molecule has 0 radical (unpaired) electrons. The number of hydrogen-bond acceptors (Lipinski definition) is 8. The van der Waals surface area contributed by atoms with Gasteiger partial charge in [0.15, 0.2) is 0 Å². The van der Waals surface area contributed by atoms with Gasteiger partial charge >= 0.3 is 29.6 Å². The molecule has 1 atom stereocenters. The fourth-order valence-corrected chi connectivity index (χ4v) is 2.94. The maximum Gasteiger partial charge on any atom is 1.00 e. The van der Waals surface area contributed by atoms with E-state index in [9.17, 15) is 29.6 Å². The summed E-state index contributed by atoms with van der Waals surface area (Å²) in [6.07, 6.45) is 1.70. The molecule has 1 unspecified atom stereocenters. The molecule has 1 heterocycles. The van der Waals surface area contributed by atoms with Crippen LogP contribution in [0.1, 0.15) is 30.9 Å². The maximum absolute atomic E-state index is 12.2. The van der Waals surface area contributed by atoms with Gasteiger partial charge in [-0.3, -0.25) is 19.7 Å². The number of halogens is 1. The van der Waals surface area contributed by atoms with E-state index in [1.165, 1.54) is 12.1 Å². The Hall–Kier alpha value is -2.73. The molecule has 0 bridgehead atoms. The molecule has 0 aliphatic rings. The van der Waals surface area contributed by atoms with Gasteiger partial charge in [-0.1, -0.05) is 23.7 Å². The Labute approximate surface area is 216 Å². The molecule has 170 valence electrons. The number of nitro benzene ring substituents is 1. The SMILES string of the molecule is O=C([O-])CC(NC(=O)CNC(=O)CCCNc1ccccn1)c1ccc(Cl)c([N+](=O)[O-])c1.[Na+]. The Bertz CT molecular complexity index is 979. The molecule has 33 heavy (non-hydrogen) atoms. The van der Waals surface area contributed by atoms with Crippen molar-refractivity contribution in [3.05, 3.63) is 63.3 Å². The Morgan fingerprint density at radius 1 is 1.15 bits per heavy atom. The number of nitrogens with one attached hydrogen (secondary N) is 3. The summed E-state index contributed by atoms with van der Waals surface area (Å²) in [7, 11) is 0. The first kappa shape index (κ1) is 28.3. The third-order valence-electron chi connectivity index (χ3n) is 4.27. The number of carbonyl (C=O) groups excluding carboxylic acids is 3. The maximum atomic E-state index is 12.2. The standard InChI is InChI=1S/C20H22ClN5O6.Na/c21-14-7-6-13(10-16(14)26(31)32)15(11-20(29)30)25-19(28)12-24-18(27)5-3-9-23-17-4-1-2-8-22-17;/h1-2,4,6-8,10,15H,3,5,9,11-12H2,(H,22,23)(H,24,27)(H,25,28)(H,29,30);/q;+1/p-1. The molecule has 13 heteroatoms. The van der Waals surface area contributed by atoms with E-state index in [0.717, 1.165) is 6.07 Å². The van der Waals surface area contributed by atoms with E-state index >= 15 is 0 Å². The Morgan fingerprint density at radius 3 is 2.55 bits per heavy atom. The first-order chi connectivity index (χ1) is 15.3. The predicted octanol–water partition coefficient (Wildman–Crippen LogP) is -2.05. The molecular weight excluding hydrogens is 465 g/mol. The van der Waals surface area contributed by atoms with Gasteiger partial charge in [-0.2, -0.15) is 0 Å². The van der Waals surface area contributed by atoms with E-state index < -0.39 is 34.9 Å². The summed E-state index contributed by atoms with van der Waals surface area (Å²) in [5.74, 6) is -1.79. The molecule has 11 nitrogen and oxygen atoms in total. The van der Waals surface area contributed by atoms with Crippen molar-refractivity contribution in [3.8, 4) is 0 Å². The van der Waals surface area contributed by atoms with Crippen molar-refractivity contribution in [2.24, 2.45) is 0 Å². The van der Waals surface area contributed by atoms with Crippen LogP contribution in [0.15, 0.2) is 42.6 Å². The number of carboxylic acid groups (broad SMARTS) is 1. The number of nitro groups is 1. The van der Waals surface area contributed by atoms with Crippen LogP contribution in [0.3, 0.4) is 0 Å². The van der Waals surface area contributed by atoms with Crippen LogP contribution in [-0.2, 0) is 14.4 Å². The second-order valence-electron chi connectivity index (χ2n) is 6.69. The average Bonchev–Trinajstić information content (AvgIpc) is 2.75. The van der Waals surface area contributed by atoms with Crippen LogP contribution >= 0.6 is 11.6 Å². The molecule has 2 aromatic rings. The molecule has 0 aliphatic heterocycles. The number of nitrogens with zero attached hydrogens (tertiary/aromatic N) is 2. The van der Waals surface area contributed by atoms with E-state index in [4.69, 9.17) is 11.6 Å². The smallest absolute Gasteiger partial charge is 0.550 e. The summed E-state index contributed by atoms with van der Waals surface area (Å²) in [6, 6.07) is 8.02. The monoisotopic (exact) mass is 485 g/mol. The van der Waals surface area contributed by atoms with Crippen molar-refractivity contribution >= 4 is 40.9 Å². The minimum Gasteiger partial charge on any atom is -0.550 e. The van der Waals surface area contributed by atoms with Crippen molar-refractivity contribution in [2.45, 2.75) is 25.3 Å². The van der Waals surface area contributed by atoms with Gasteiger partial charge in [-0.15, -0.1) is 0 Å². The molecule has 1 aromatic carbocycles. The van der Waals surface area contributed by atoms with Crippen LogP contribution in [-0.4, -0.2) is 40.8 Å². The number of carbonyl (C=O) groups is 3. The van der Waals surface area contributed by atoms with Crippen molar-refractivity contribution in [2.75, 3.05) is 18.4 Å². The second-order valence-corrected chi connectivity index (χ2v) is 7.09. The topological polar surface area (TPSA) is 166 Å². The number of anilines is 1. The zero-order valence-corrected chi connectivity index (χ0v) is 20.6. The quantitative estimate of drug-likeness (QED) is 0.134. The summed E-state index contributed by atoms with van der Waals surface area (Å²) in [4.78, 5) is 49.6. The first-order valence-corrected chi connectivity index (χ1v) is 9.98. The number of benzene rings is 1. The van der Waals surface area contributed by atoms with Crippen molar-refractivity contribution < 1.29 is 54.0 Å². The third-order valence-corrected chi connectivity index (χ3v) is 4.59. The number of pyridine rings is 1. The van der Waals surface area contributed by atoms with Crippen molar-refractivity contribution in [1.29, 1.82) is 0 Å². The predicted molar refractivity (Wildman–Crippen MR) is 114 cm³/mol. The van der Waals surface area contributed by atoms with Crippen LogP contribution in [0.4, 0.5) is 11.5 Å². The van der Waals surface area contributed by atoms with Crippen LogP contribution < -0.4 is 50.6 Å². The van der Waals surface area contributed by atoms with Gasteiger partial charge in [0, 0.05) is 37.6 Å². The molecule has 0 saturated carbocycles. The molecule has 3 N–H and O–H groups in total. The number of rotatable bonds is 12. The van der Waals surface area contributed by atoms with Crippen LogP contribution in [0.2, 0.25) is 5.02 Å². The molecule has 2 rings (SSSR count). The van der Waals surface area contributed by atoms with Gasteiger partial charge in [-0.05, 0) is 30.2 Å². The molecule has 0 aliphatic carbocycles. The summed E-state index contributed by atoms with van der Waals surface area (Å²) in [5.41, 5.74) is -0.250. The normalized spacial score (nSPS) is 10.9. The van der Waals surface area contributed by atoms with Gasteiger partial charge in [-0.25, -0.2) is 4.98 Å². The average molecular weight is 486 g/mol. The van der Waals surface area contributed by atoms with E-state index in [2.05, 4.69) is 20.9 Å². The summed E-state index contributed by atoms with van der Waals surface area (Å²) in [5, 5.41) is 29.9.